The van der Waals surface area contributed by atoms with Gasteiger partial charge in [0.1, 0.15) is 17.5 Å². The smallest absolute Gasteiger partial charge is 0.221 e. The Morgan fingerprint density at radius 3 is 2.12 bits per heavy atom. The van der Waals surface area contributed by atoms with Crippen molar-refractivity contribution in [1.82, 2.24) is 9.97 Å². The molecule has 1 N–H and O–H groups in total. The van der Waals surface area contributed by atoms with Crippen molar-refractivity contribution < 1.29 is 38.8 Å². The van der Waals surface area contributed by atoms with Crippen LogP contribution in [0.2, 0.25) is 0 Å². The number of aromatic nitrogens is 2. The van der Waals surface area contributed by atoms with Gasteiger partial charge in [0.2, 0.25) is 5.71 Å². The van der Waals surface area contributed by atoms with Crippen molar-refractivity contribution in [2.45, 2.75) is 53.4 Å². The number of aliphatic hydroxyl groups is 1. The number of ketones is 1. The molecule has 0 unspecified atom stereocenters. The molecule has 0 saturated heterocycles. The quantitative estimate of drug-likeness (QED) is 0.101. The molecular formula is C33H31IrN2O4-. The minimum atomic E-state index is 0. The molecule has 1 radical (unpaired) electrons. The number of benzene rings is 3. The average Bonchev–Trinajstić information content (AvgIpc) is 3.49. The molecule has 7 rings (SSSR count). The normalized spacial score (nSPS) is 12.5. The van der Waals surface area contributed by atoms with Crippen molar-refractivity contribution >= 4 is 60.6 Å². The average molecular weight is 712 g/mol. The second kappa shape index (κ2) is 11.1. The maximum absolute atomic E-state index is 11.7. The molecule has 0 amide bonds. The van der Waals surface area contributed by atoms with Gasteiger partial charge in [-0.25, -0.2) is 4.98 Å². The molecule has 7 heteroatoms. The summed E-state index contributed by atoms with van der Waals surface area (Å²) in [6.45, 7) is 8.07. The number of allylic oxidation sites excluding steroid dienone is 2. The summed E-state index contributed by atoms with van der Waals surface area (Å²) in [5.41, 5.74) is 4.99. The molecule has 6 aromatic rings. The van der Waals surface area contributed by atoms with E-state index in [9.17, 15) is 9.90 Å². The summed E-state index contributed by atoms with van der Waals surface area (Å²) in [5, 5.41) is 16.3. The zero-order chi connectivity index (χ0) is 27.3. The van der Waals surface area contributed by atoms with E-state index >= 15 is 0 Å². The topological polar surface area (TPSA) is 89.4 Å². The molecule has 0 fully saturated rings. The molecule has 207 valence electrons. The second-order valence-electron chi connectivity index (χ2n) is 10.2. The molecule has 3 aromatic carbocycles. The van der Waals surface area contributed by atoms with Crippen molar-refractivity contribution in [2.75, 3.05) is 0 Å². The summed E-state index contributed by atoms with van der Waals surface area (Å²) in [7, 11) is 0. The zero-order valence-corrected chi connectivity index (χ0v) is 25.4. The fourth-order valence-electron chi connectivity index (χ4n) is 5.91. The first-order valence-corrected chi connectivity index (χ1v) is 13.8. The fraction of sp³-hybridized carbons (Fsp3) is 0.303. The van der Waals surface area contributed by atoms with E-state index in [0.717, 1.165) is 86.0 Å². The third kappa shape index (κ3) is 4.32. The predicted molar refractivity (Wildman–Crippen MR) is 156 cm³/mol. The first-order valence-electron chi connectivity index (χ1n) is 13.8. The van der Waals surface area contributed by atoms with Crippen LogP contribution < -0.4 is 0 Å². The summed E-state index contributed by atoms with van der Waals surface area (Å²) < 4.78 is 12.1. The van der Waals surface area contributed by atoms with Crippen LogP contribution in [0.25, 0.3) is 66.0 Å². The number of hydrogen-bond acceptors (Lipinski definition) is 6. The number of carbonyl (C=O) groups excluding carboxylic acids is 1. The number of carbonyl (C=O) groups is 1. The van der Waals surface area contributed by atoms with Gasteiger partial charge in [0, 0.05) is 54.5 Å². The number of fused-ring (bicyclic) bond motifs is 1. The number of hydrogen-bond donors (Lipinski definition) is 1. The molecule has 0 aliphatic heterocycles. The molecule has 1 aliphatic carbocycles. The summed E-state index contributed by atoms with van der Waals surface area (Å²) in [4.78, 5) is 20.6. The number of nitrogens with zero attached hydrogens (tertiary/aromatic N) is 2. The Morgan fingerprint density at radius 2 is 1.45 bits per heavy atom. The van der Waals surface area contributed by atoms with E-state index < -0.39 is 0 Å². The third-order valence-corrected chi connectivity index (χ3v) is 8.13. The van der Waals surface area contributed by atoms with Crippen LogP contribution in [0.15, 0.2) is 63.4 Å². The van der Waals surface area contributed by atoms with Crippen molar-refractivity contribution in [1.29, 1.82) is 0 Å². The Kier molecular flexibility index (Phi) is 7.80. The van der Waals surface area contributed by atoms with E-state index in [4.69, 9.17) is 8.83 Å². The van der Waals surface area contributed by atoms with Gasteiger partial charge < -0.3 is 13.9 Å². The van der Waals surface area contributed by atoms with Crippen molar-refractivity contribution in [3.05, 3.63) is 60.6 Å². The molecule has 0 spiro atoms. The Hall–Kier alpha value is -3.54. The number of furan rings is 2. The van der Waals surface area contributed by atoms with E-state index in [2.05, 4.69) is 28.2 Å². The van der Waals surface area contributed by atoms with Crippen LogP contribution in [0.1, 0.15) is 53.4 Å². The molecule has 0 atom stereocenters. The van der Waals surface area contributed by atoms with E-state index in [1.54, 1.807) is 6.33 Å². The summed E-state index contributed by atoms with van der Waals surface area (Å²) in [6, 6.07) is 15.4. The van der Waals surface area contributed by atoms with Crippen LogP contribution in [-0.2, 0) is 24.9 Å². The molecule has 3 aromatic heterocycles. The summed E-state index contributed by atoms with van der Waals surface area (Å²) in [5.74, 6) is 0.547. The Labute approximate surface area is 245 Å². The van der Waals surface area contributed by atoms with Gasteiger partial charge in [-0.05, 0) is 54.0 Å². The molecular weight excluding hydrogens is 681 g/mol. The molecule has 3 heterocycles. The van der Waals surface area contributed by atoms with Gasteiger partial charge in [0.25, 0.3) is 0 Å². The van der Waals surface area contributed by atoms with Crippen LogP contribution in [0.5, 0.6) is 0 Å². The van der Waals surface area contributed by atoms with E-state index in [0.29, 0.717) is 5.71 Å². The standard InChI is InChI=1S/C20H7N2O2.C13H24O2.Ir/c1-2-10-15-11(3-1)23-12-6-4-9-5-7-13-17(14(9)16(12)15)18-19(10)21-8-22-20(18)24-13;1-5-10(6-2)12(14)9-13(15)11(7-3)8-4;/h1,3-8H;9-11,14H,5-8H2,1-4H3;/q-1;;/b;12-9-;. The van der Waals surface area contributed by atoms with E-state index in [1.807, 2.05) is 52.0 Å². The van der Waals surface area contributed by atoms with Gasteiger partial charge >= 0.3 is 0 Å². The van der Waals surface area contributed by atoms with Crippen molar-refractivity contribution in [3.63, 3.8) is 0 Å². The minimum Gasteiger partial charge on any atom is -0.512 e. The minimum absolute atomic E-state index is 0. The van der Waals surface area contributed by atoms with Gasteiger partial charge in [-0.2, -0.15) is 0 Å². The van der Waals surface area contributed by atoms with Gasteiger partial charge in [-0.3, -0.25) is 9.78 Å². The van der Waals surface area contributed by atoms with Crippen molar-refractivity contribution in [2.24, 2.45) is 11.8 Å². The molecule has 0 saturated carbocycles. The maximum atomic E-state index is 11.7. The maximum Gasteiger partial charge on any atom is 0.221 e. The van der Waals surface area contributed by atoms with Crippen LogP contribution in [0.4, 0.5) is 0 Å². The Morgan fingerprint density at radius 1 is 0.825 bits per heavy atom. The first kappa shape index (κ1) is 28.0. The van der Waals surface area contributed by atoms with Gasteiger partial charge in [0.15, 0.2) is 5.78 Å². The largest absolute Gasteiger partial charge is 0.512 e. The SMILES string of the molecule is CCC(CC)C(=O)/C=C(\O)C(CC)CC.[Ir].[c-]1ccc2oc3ccc4ccc5oc6ncnc7c6c5c4c3c2c1-7. The molecule has 6 nitrogen and oxygen atoms in total. The van der Waals surface area contributed by atoms with E-state index in [-0.39, 0.29) is 43.5 Å². The fourth-order valence-corrected chi connectivity index (χ4v) is 5.91. The number of rotatable bonds is 7. The predicted octanol–water partition coefficient (Wildman–Crippen LogP) is 9.08. The molecule has 0 bridgehead atoms. The van der Waals surface area contributed by atoms with Crippen LogP contribution in [0.3, 0.4) is 0 Å². The van der Waals surface area contributed by atoms with Gasteiger partial charge in [-0.1, -0.05) is 51.3 Å². The van der Waals surface area contributed by atoms with Crippen LogP contribution in [-0.4, -0.2) is 20.9 Å². The number of aliphatic hydroxyl groups excluding tert-OH is 1. The van der Waals surface area contributed by atoms with Gasteiger partial charge in [0.05, 0.1) is 11.3 Å². The zero-order valence-electron chi connectivity index (χ0n) is 23.0. The summed E-state index contributed by atoms with van der Waals surface area (Å²) in [6.07, 6.45) is 6.46. The van der Waals surface area contributed by atoms with Crippen molar-refractivity contribution in [3.8, 4) is 11.3 Å². The van der Waals surface area contributed by atoms with Crippen LogP contribution >= 0.6 is 0 Å². The van der Waals surface area contributed by atoms with Gasteiger partial charge in [-0.15, -0.1) is 17.7 Å². The molecule has 1 aliphatic rings. The second-order valence-corrected chi connectivity index (χ2v) is 10.2. The Bertz CT molecular complexity index is 1800. The first-order chi connectivity index (χ1) is 19.0. The monoisotopic (exact) mass is 712 g/mol. The molecule has 40 heavy (non-hydrogen) atoms. The summed E-state index contributed by atoms with van der Waals surface area (Å²) >= 11 is 0. The van der Waals surface area contributed by atoms with E-state index in [1.165, 1.54) is 6.08 Å². The van der Waals surface area contributed by atoms with Crippen LogP contribution in [0, 0.1) is 17.9 Å². The third-order valence-electron chi connectivity index (χ3n) is 8.13. The Balaban J connectivity index is 0.000000179.